The minimum absolute atomic E-state index is 0.0994. The summed E-state index contributed by atoms with van der Waals surface area (Å²) in [6.07, 6.45) is 5.31. The van der Waals surface area contributed by atoms with E-state index in [0.29, 0.717) is 40.2 Å². The van der Waals surface area contributed by atoms with E-state index in [1.807, 2.05) is 65.6 Å². The Morgan fingerprint density at radius 2 is 1.21 bits per heavy atom. The van der Waals surface area contributed by atoms with Gasteiger partial charge in [0.1, 0.15) is 29.0 Å². The maximum absolute atomic E-state index is 8.95. The van der Waals surface area contributed by atoms with Crippen LogP contribution in [0.1, 0.15) is 66.9 Å². The van der Waals surface area contributed by atoms with Crippen LogP contribution in [0.3, 0.4) is 0 Å². The van der Waals surface area contributed by atoms with Gasteiger partial charge < -0.3 is 14.5 Å². The molecule has 0 spiro atoms. The topological polar surface area (TPSA) is 72.2 Å². The first-order valence-corrected chi connectivity index (χ1v) is 20.7. The summed E-state index contributed by atoms with van der Waals surface area (Å²) in [6, 6.07) is 25.3. The Bertz CT molecular complexity index is 3580. The van der Waals surface area contributed by atoms with Crippen molar-refractivity contribution in [3.05, 3.63) is 188 Å². The summed E-state index contributed by atoms with van der Waals surface area (Å²) in [5, 5.41) is 1.95. The van der Waals surface area contributed by atoms with Crippen LogP contribution < -0.4 is 14.5 Å². The predicted octanol–water partition coefficient (Wildman–Crippen LogP) is 13.5. The maximum atomic E-state index is 8.95. The van der Waals surface area contributed by atoms with Gasteiger partial charge in [-0.1, -0.05) is 150 Å². The Balaban J connectivity index is 1.11. The molecule has 0 radical (unpaired) electrons. The number of para-hydroxylation sites is 2. The molecule has 1 aliphatic heterocycles. The van der Waals surface area contributed by atoms with Crippen molar-refractivity contribution < 1.29 is 18.4 Å². The van der Waals surface area contributed by atoms with Gasteiger partial charge in [-0.05, 0) is 47.5 Å². The van der Waals surface area contributed by atoms with Crippen molar-refractivity contribution >= 4 is 33.2 Å². The summed E-state index contributed by atoms with van der Waals surface area (Å²) >= 11 is 0. The van der Waals surface area contributed by atoms with Crippen molar-refractivity contribution in [2.75, 3.05) is 16.5 Å². The van der Waals surface area contributed by atoms with Crippen molar-refractivity contribution in [2.45, 2.75) is 52.4 Å². The standard InChI is InChI=1S/C55H49N7O/c1-54(2,3)52-57-51(58-53(59-52)55(4,5)6)45-34-44-43-25-13-14-28-46(43)62(49-29-15-16-30-56-49)47(44)35-48(45)63-40-24-17-23-39(33-40)60-31-32-61(36-60)50-41(37-19-9-7-10-20-37)26-18-27-42(50)38-21-11-8-12-22-38/h7-35H,36H2,1-6H3/i7D,8D,9D,10D,11D,12D,19D,20D,21D,22D. The van der Waals surface area contributed by atoms with Gasteiger partial charge in [-0.15, -0.1) is 0 Å². The first kappa shape index (κ1) is 29.6. The van der Waals surface area contributed by atoms with Crippen molar-refractivity contribution in [1.82, 2.24) is 24.5 Å². The molecule has 4 heterocycles. The third-order valence-electron chi connectivity index (χ3n) is 10.8. The number of pyridine rings is 1. The second-order valence-corrected chi connectivity index (χ2v) is 17.4. The molecule has 0 unspecified atom stereocenters. The number of ether oxygens (including phenoxy) is 1. The zero-order chi connectivity index (χ0) is 52.0. The molecular weight excluding hydrogens is 775 g/mol. The van der Waals surface area contributed by atoms with Crippen LogP contribution in [-0.2, 0) is 10.8 Å². The molecule has 8 nitrogen and oxygen atoms in total. The third kappa shape index (κ3) is 7.58. The maximum Gasteiger partial charge on any atom is 0.167 e. The number of nitrogens with zero attached hydrogens (tertiary/aromatic N) is 7. The Labute approximate surface area is 382 Å². The molecule has 0 bridgehead atoms. The predicted molar refractivity (Wildman–Crippen MR) is 258 cm³/mol. The molecule has 0 aliphatic carbocycles. The summed E-state index contributed by atoms with van der Waals surface area (Å²) in [4.78, 5) is 23.6. The lowest BCUT2D eigenvalue weighted by Crippen LogP contribution is -2.25. The Morgan fingerprint density at radius 3 is 1.86 bits per heavy atom. The first-order chi connectivity index (χ1) is 34.6. The summed E-state index contributed by atoms with van der Waals surface area (Å²) in [5.74, 6) is 3.42. The van der Waals surface area contributed by atoms with Gasteiger partial charge in [0.05, 0.1) is 42.7 Å². The number of anilines is 2. The highest BCUT2D eigenvalue weighted by Crippen LogP contribution is 2.44. The highest BCUT2D eigenvalue weighted by atomic mass is 16.5. The fourth-order valence-electron chi connectivity index (χ4n) is 7.77. The molecule has 8 heteroatoms. The van der Waals surface area contributed by atoms with Gasteiger partial charge in [0.15, 0.2) is 5.82 Å². The quantitative estimate of drug-likeness (QED) is 0.151. The summed E-state index contributed by atoms with van der Waals surface area (Å²) in [6.45, 7) is 12.5. The number of hydrogen-bond donors (Lipinski definition) is 0. The lowest BCUT2D eigenvalue weighted by atomic mass is 9.93. The summed E-state index contributed by atoms with van der Waals surface area (Å²) in [7, 11) is 0. The zero-order valence-electron chi connectivity index (χ0n) is 45.7. The van der Waals surface area contributed by atoms with E-state index in [-0.39, 0.29) is 34.6 Å². The van der Waals surface area contributed by atoms with E-state index in [1.165, 1.54) is 0 Å². The van der Waals surface area contributed by atoms with Gasteiger partial charge in [0, 0.05) is 69.1 Å². The van der Waals surface area contributed by atoms with Crippen LogP contribution in [0.4, 0.5) is 11.4 Å². The Hall–Kier alpha value is -7.58. The molecule has 1 aliphatic rings. The van der Waals surface area contributed by atoms with Crippen LogP contribution in [0, 0.1) is 0 Å². The van der Waals surface area contributed by atoms with Gasteiger partial charge in [-0.2, -0.15) is 0 Å². The molecule has 3 aromatic heterocycles. The van der Waals surface area contributed by atoms with Gasteiger partial charge in [0.25, 0.3) is 0 Å². The normalized spacial score (nSPS) is 15.3. The van der Waals surface area contributed by atoms with Crippen molar-refractivity contribution in [2.24, 2.45) is 0 Å². The minimum atomic E-state index is -0.559. The second kappa shape index (κ2) is 15.7. The van der Waals surface area contributed by atoms with Crippen molar-refractivity contribution in [1.29, 1.82) is 0 Å². The molecule has 0 N–H and O–H groups in total. The number of fused-ring (bicyclic) bond motifs is 3. The number of hydrogen-bond acceptors (Lipinski definition) is 7. The molecule has 0 fully saturated rings. The van der Waals surface area contributed by atoms with Gasteiger partial charge in [0.2, 0.25) is 0 Å². The van der Waals surface area contributed by atoms with E-state index < -0.39 is 71.3 Å². The lowest BCUT2D eigenvalue weighted by molar-refractivity contribution is 0.481. The molecule has 10 rings (SSSR count). The van der Waals surface area contributed by atoms with Crippen LogP contribution in [-0.4, -0.2) is 31.2 Å². The van der Waals surface area contributed by atoms with E-state index in [0.717, 1.165) is 27.6 Å². The number of aromatic nitrogens is 5. The van der Waals surface area contributed by atoms with Crippen LogP contribution in [0.15, 0.2) is 176 Å². The monoisotopic (exact) mass is 833 g/mol. The second-order valence-electron chi connectivity index (χ2n) is 17.4. The summed E-state index contributed by atoms with van der Waals surface area (Å²) in [5.41, 5.74) is 2.81. The van der Waals surface area contributed by atoms with Crippen LogP contribution >= 0.6 is 0 Å². The SMILES string of the molecule is [2H]c1c([2H])c([2H])c(-c2cccc(-c3c([2H])c([2H])c([2H])c([2H])c3[2H])c2N2C=CN(c3cccc(Oc4cc5c(cc4-c4nc(C(C)(C)C)nc(C(C)(C)C)n4)c4ccccc4n5-c4ccccn4)c3)C2)c([2H])c1[2H]. The molecule has 0 amide bonds. The fraction of sp³-hybridized carbons (Fsp3) is 0.164. The van der Waals surface area contributed by atoms with Gasteiger partial charge >= 0.3 is 0 Å². The molecule has 0 saturated heterocycles. The zero-order valence-corrected chi connectivity index (χ0v) is 35.7. The third-order valence-corrected chi connectivity index (χ3v) is 10.8. The highest BCUT2D eigenvalue weighted by Gasteiger charge is 2.28. The van der Waals surface area contributed by atoms with Crippen molar-refractivity contribution in [3.8, 4) is 51.0 Å². The Morgan fingerprint density at radius 1 is 0.571 bits per heavy atom. The van der Waals surface area contributed by atoms with E-state index in [4.69, 9.17) is 38.4 Å². The minimum Gasteiger partial charge on any atom is -0.456 e. The van der Waals surface area contributed by atoms with Gasteiger partial charge in [-0.3, -0.25) is 4.57 Å². The van der Waals surface area contributed by atoms with Crippen LogP contribution in [0.2, 0.25) is 0 Å². The van der Waals surface area contributed by atoms with Crippen LogP contribution in [0.25, 0.3) is 61.3 Å². The smallest absolute Gasteiger partial charge is 0.167 e. The first-order valence-electron chi connectivity index (χ1n) is 25.7. The molecule has 0 atom stereocenters. The molecule has 6 aromatic carbocycles. The molecular formula is C55H49N7O. The largest absolute Gasteiger partial charge is 0.456 e. The van der Waals surface area contributed by atoms with Crippen molar-refractivity contribution in [3.63, 3.8) is 0 Å². The van der Waals surface area contributed by atoms with E-state index in [2.05, 4.69) is 64.3 Å². The highest BCUT2D eigenvalue weighted by molar-refractivity contribution is 6.11. The number of rotatable bonds is 8. The van der Waals surface area contributed by atoms with E-state index in [9.17, 15) is 0 Å². The van der Waals surface area contributed by atoms with E-state index >= 15 is 0 Å². The fourth-order valence-corrected chi connectivity index (χ4v) is 7.77. The molecule has 0 saturated carbocycles. The molecule has 63 heavy (non-hydrogen) atoms. The molecule has 9 aromatic rings. The number of benzene rings is 6. The molecule has 310 valence electrons. The average Bonchev–Trinajstić information content (AvgIpc) is 3.99. The average molecular weight is 834 g/mol. The van der Waals surface area contributed by atoms with Gasteiger partial charge in [-0.25, -0.2) is 19.9 Å². The van der Waals surface area contributed by atoms with Crippen LogP contribution in [0.5, 0.6) is 11.5 Å². The lowest BCUT2D eigenvalue weighted by Gasteiger charge is -2.26. The Kier molecular flexibility index (Phi) is 7.39. The van der Waals surface area contributed by atoms with E-state index in [1.54, 1.807) is 41.7 Å². The summed E-state index contributed by atoms with van der Waals surface area (Å²) < 4.78 is 95.6.